The lowest BCUT2D eigenvalue weighted by Gasteiger charge is -2.09. The van der Waals surface area contributed by atoms with Crippen molar-refractivity contribution in [2.75, 3.05) is 5.32 Å². The van der Waals surface area contributed by atoms with Crippen LogP contribution in [0, 0.1) is 0 Å². The molecule has 3 rings (SSSR count). The average Bonchev–Trinajstić information content (AvgIpc) is 3.09. The molecule has 3 aromatic rings. The molecule has 8 heteroatoms. The first-order chi connectivity index (χ1) is 11.4. The van der Waals surface area contributed by atoms with Crippen molar-refractivity contribution in [2.45, 2.75) is 6.18 Å². The van der Waals surface area contributed by atoms with Crippen LogP contribution in [0.2, 0.25) is 0 Å². The molecule has 0 radical (unpaired) electrons. The smallest absolute Gasteiger partial charge is 0.322 e. The van der Waals surface area contributed by atoms with Crippen LogP contribution in [0.25, 0.3) is 5.69 Å². The molecule has 0 aliphatic heterocycles. The summed E-state index contributed by atoms with van der Waals surface area (Å²) < 4.78 is 39.2. The minimum absolute atomic E-state index is 0.288. The Hall–Kier alpha value is -3.16. The molecule has 0 saturated carbocycles. The quantitative estimate of drug-likeness (QED) is 0.798. The van der Waals surface area contributed by atoms with Gasteiger partial charge in [-0.1, -0.05) is 0 Å². The van der Waals surface area contributed by atoms with Gasteiger partial charge < -0.3 is 5.32 Å². The van der Waals surface area contributed by atoms with Gasteiger partial charge in [0.15, 0.2) is 0 Å². The average molecular weight is 332 g/mol. The summed E-state index contributed by atoms with van der Waals surface area (Å²) in [4.78, 5) is 12.1. The molecule has 5 nitrogen and oxygen atoms in total. The summed E-state index contributed by atoms with van der Waals surface area (Å²) in [7, 11) is 0. The van der Waals surface area contributed by atoms with Crippen molar-refractivity contribution in [3.63, 3.8) is 0 Å². The minimum Gasteiger partial charge on any atom is -0.322 e. The summed E-state index contributed by atoms with van der Waals surface area (Å²) >= 11 is 0. The summed E-state index contributed by atoms with van der Waals surface area (Å²) in [6, 6.07) is 10.9. The lowest BCUT2D eigenvalue weighted by Crippen LogP contribution is -2.12. The molecule has 0 fully saturated rings. The van der Waals surface area contributed by atoms with Crippen molar-refractivity contribution in [3.8, 4) is 5.69 Å². The van der Waals surface area contributed by atoms with Crippen molar-refractivity contribution < 1.29 is 18.0 Å². The highest BCUT2D eigenvalue weighted by atomic mass is 19.4. The summed E-state index contributed by atoms with van der Waals surface area (Å²) in [5.41, 5.74) is 0.687. The van der Waals surface area contributed by atoms with E-state index in [9.17, 15) is 18.0 Å². The van der Waals surface area contributed by atoms with E-state index in [1.165, 1.54) is 24.8 Å². The first-order valence-electron chi connectivity index (χ1n) is 6.87. The van der Waals surface area contributed by atoms with Crippen molar-refractivity contribution >= 4 is 11.6 Å². The fourth-order valence-corrected chi connectivity index (χ4v) is 2.06. The third-order valence-electron chi connectivity index (χ3n) is 3.32. The molecule has 0 atom stereocenters. The molecule has 2 aromatic carbocycles. The molecule has 1 N–H and O–H groups in total. The Morgan fingerprint density at radius 1 is 0.917 bits per heavy atom. The van der Waals surface area contributed by atoms with Crippen LogP contribution < -0.4 is 5.32 Å². The van der Waals surface area contributed by atoms with E-state index < -0.39 is 17.6 Å². The van der Waals surface area contributed by atoms with Gasteiger partial charge >= 0.3 is 6.18 Å². The first-order valence-corrected chi connectivity index (χ1v) is 6.87. The number of anilines is 1. The van der Waals surface area contributed by atoms with E-state index in [1.807, 2.05) is 0 Å². The van der Waals surface area contributed by atoms with E-state index in [-0.39, 0.29) is 5.69 Å². The summed E-state index contributed by atoms with van der Waals surface area (Å²) in [5.74, 6) is -0.412. The number of halogens is 3. The van der Waals surface area contributed by atoms with E-state index >= 15 is 0 Å². The second-order valence-electron chi connectivity index (χ2n) is 4.95. The first kappa shape index (κ1) is 15.7. The third-order valence-corrected chi connectivity index (χ3v) is 3.32. The van der Waals surface area contributed by atoms with Crippen LogP contribution in [-0.4, -0.2) is 20.7 Å². The number of rotatable bonds is 3. The fourth-order valence-electron chi connectivity index (χ4n) is 2.06. The monoisotopic (exact) mass is 332 g/mol. The Bertz CT molecular complexity index is 825. The van der Waals surface area contributed by atoms with Crippen LogP contribution in [0.1, 0.15) is 15.9 Å². The molecule has 0 spiro atoms. The van der Waals surface area contributed by atoms with Gasteiger partial charge in [0.1, 0.15) is 12.7 Å². The Morgan fingerprint density at radius 3 is 2.04 bits per heavy atom. The highest BCUT2D eigenvalue weighted by molar-refractivity contribution is 6.04. The zero-order chi connectivity index (χ0) is 17.2. The minimum atomic E-state index is -4.40. The second kappa shape index (κ2) is 6.15. The topological polar surface area (TPSA) is 59.8 Å². The molecule has 0 unspecified atom stereocenters. The van der Waals surface area contributed by atoms with Gasteiger partial charge in [-0.05, 0) is 48.5 Å². The van der Waals surface area contributed by atoms with E-state index in [4.69, 9.17) is 0 Å². The van der Waals surface area contributed by atoms with Crippen LogP contribution in [0.5, 0.6) is 0 Å². The van der Waals surface area contributed by atoms with Crippen molar-refractivity contribution in [3.05, 3.63) is 72.3 Å². The van der Waals surface area contributed by atoms with Crippen LogP contribution in [-0.2, 0) is 6.18 Å². The van der Waals surface area contributed by atoms with Gasteiger partial charge in [-0.15, -0.1) is 10.2 Å². The number of benzene rings is 2. The lowest BCUT2D eigenvalue weighted by atomic mass is 10.1. The highest BCUT2D eigenvalue weighted by Gasteiger charge is 2.29. The molecular formula is C16H11F3N4O. The number of hydrogen-bond donors (Lipinski definition) is 1. The summed E-state index contributed by atoms with van der Waals surface area (Å²) in [6.45, 7) is 0. The number of amides is 1. The number of nitrogens with one attached hydrogen (secondary N) is 1. The molecule has 1 aromatic heterocycles. The van der Waals surface area contributed by atoms with Crippen LogP contribution in [0.15, 0.2) is 61.2 Å². The van der Waals surface area contributed by atoms with Gasteiger partial charge in [-0.2, -0.15) is 13.2 Å². The SMILES string of the molecule is O=C(Nc1ccc(C(F)(F)F)cc1)c1ccc(-n2cnnc2)cc1. The highest BCUT2D eigenvalue weighted by Crippen LogP contribution is 2.29. The Morgan fingerprint density at radius 2 is 1.50 bits per heavy atom. The number of aromatic nitrogens is 3. The molecule has 0 aliphatic rings. The van der Waals surface area contributed by atoms with Crippen molar-refractivity contribution in [1.82, 2.24) is 14.8 Å². The Labute approximate surface area is 134 Å². The molecule has 0 saturated heterocycles. The van der Waals surface area contributed by atoms with Gasteiger partial charge in [0.25, 0.3) is 5.91 Å². The maximum absolute atomic E-state index is 12.5. The van der Waals surface area contributed by atoms with E-state index in [0.717, 1.165) is 17.8 Å². The Kier molecular flexibility index (Phi) is 4.03. The zero-order valence-corrected chi connectivity index (χ0v) is 12.2. The largest absolute Gasteiger partial charge is 0.416 e. The zero-order valence-electron chi connectivity index (χ0n) is 12.2. The van der Waals surface area contributed by atoms with Gasteiger partial charge in [0.2, 0.25) is 0 Å². The normalized spacial score (nSPS) is 11.3. The fraction of sp³-hybridized carbons (Fsp3) is 0.0625. The Balaban J connectivity index is 1.71. The molecule has 0 bridgehead atoms. The van der Waals surface area contributed by atoms with E-state index in [0.29, 0.717) is 5.56 Å². The molecule has 0 aliphatic carbocycles. The molecule has 24 heavy (non-hydrogen) atoms. The number of carbonyl (C=O) groups is 1. The third kappa shape index (κ3) is 3.43. The van der Waals surface area contributed by atoms with Gasteiger partial charge in [0, 0.05) is 16.9 Å². The predicted octanol–water partition coefficient (Wildman–Crippen LogP) is 3.54. The van der Waals surface area contributed by atoms with Gasteiger partial charge in [0.05, 0.1) is 5.56 Å². The predicted molar refractivity (Wildman–Crippen MR) is 80.8 cm³/mol. The summed E-state index contributed by atoms with van der Waals surface area (Å²) in [5, 5.41) is 9.93. The number of nitrogens with zero attached hydrogens (tertiary/aromatic N) is 3. The number of carbonyl (C=O) groups excluding carboxylic acids is 1. The van der Waals surface area contributed by atoms with Crippen LogP contribution in [0.3, 0.4) is 0 Å². The molecular weight excluding hydrogens is 321 g/mol. The van der Waals surface area contributed by atoms with Gasteiger partial charge in [-0.25, -0.2) is 0 Å². The van der Waals surface area contributed by atoms with E-state index in [1.54, 1.807) is 28.8 Å². The van der Waals surface area contributed by atoms with Crippen molar-refractivity contribution in [2.24, 2.45) is 0 Å². The lowest BCUT2D eigenvalue weighted by molar-refractivity contribution is -0.137. The second-order valence-corrected chi connectivity index (χ2v) is 4.95. The van der Waals surface area contributed by atoms with Crippen LogP contribution in [0.4, 0.5) is 18.9 Å². The van der Waals surface area contributed by atoms with Crippen LogP contribution >= 0.6 is 0 Å². The number of hydrogen-bond acceptors (Lipinski definition) is 3. The van der Waals surface area contributed by atoms with Gasteiger partial charge in [-0.3, -0.25) is 9.36 Å². The molecule has 122 valence electrons. The summed E-state index contributed by atoms with van der Waals surface area (Å²) in [6.07, 6.45) is -1.35. The molecule has 1 amide bonds. The maximum atomic E-state index is 12.5. The van der Waals surface area contributed by atoms with E-state index in [2.05, 4.69) is 15.5 Å². The maximum Gasteiger partial charge on any atom is 0.416 e. The van der Waals surface area contributed by atoms with Crippen molar-refractivity contribution in [1.29, 1.82) is 0 Å². The molecule has 1 heterocycles. The standard InChI is InChI=1S/C16H11F3N4O/c17-16(18,19)12-3-5-13(6-4-12)22-15(24)11-1-7-14(8-2-11)23-9-20-21-10-23/h1-10H,(H,22,24). The number of alkyl halides is 3.